The van der Waals surface area contributed by atoms with Gasteiger partial charge in [0.25, 0.3) is 0 Å². The van der Waals surface area contributed by atoms with Crippen molar-refractivity contribution in [2.75, 3.05) is 31.6 Å². The van der Waals surface area contributed by atoms with Crippen molar-refractivity contribution in [2.45, 2.75) is 38.1 Å². The lowest BCUT2D eigenvalue weighted by molar-refractivity contribution is 0.0696. The first-order chi connectivity index (χ1) is 18.4. The fraction of sp³-hybridized carbons (Fsp3) is 0.323. The molecule has 0 bridgehead atoms. The third-order valence-electron chi connectivity index (χ3n) is 7.45. The highest BCUT2D eigenvalue weighted by Gasteiger charge is 2.24. The number of hydrogen-bond acceptors (Lipinski definition) is 3. The molecule has 3 aromatic carbocycles. The minimum atomic E-state index is -0.924. The number of nitrogens with one attached hydrogen (secondary N) is 1. The molecule has 1 heterocycles. The van der Waals surface area contributed by atoms with Crippen molar-refractivity contribution in [3.63, 3.8) is 0 Å². The molecule has 5 rings (SSSR count). The largest absolute Gasteiger partial charge is 0.478 e. The van der Waals surface area contributed by atoms with Crippen LogP contribution in [0.15, 0.2) is 60.7 Å². The number of hydrogen-bond donors (Lipinski definition) is 2. The Morgan fingerprint density at radius 3 is 2.64 bits per heavy atom. The molecule has 0 aromatic heterocycles. The Hall–Kier alpha value is -2.57. The van der Waals surface area contributed by atoms with Crippen LogP contribution in [0.1, 0.15) is 58.3 Å². The monoisotopic (exact) mass is 588 g/mol. The molecule has 2 aliphatic rings. The van der Waals surface area contributed by atoms with Gasteiger partial charge in [-0.05, 0) is 102 Å². The van der Waals surface area contributed by atoms with Crippen LogP contribution >= 0.6 is 35.6 Å². The molecule has 2 N–H and O–H groups in total. The Morgan fingerprint density at radius 1 is 1.05 bits per heavy atom. The molecule has 8 heteroatoms. The molecule has 1 saturated heterocycles. The van der Waals surface area contributed by atoms with E-state index in [1.807, 2.05) is 18.2 Å². The number of aryl methyl sites for hydroxylation is 1. The van der Waals surface area contributed by atoms with Gasteiger partial charge in [-0.2, -0.15) is 0 Å². The number of rotatable bonds is 8. The Balaban J connectivity index is 0.00000353. The summed E-state index contributed by atoms with van der Waals surface area (Å²) in [7, 11) is 0. The van der Waals surface area contributed by atoms with E-state index >= 15 is 0 Å². The summed E-state index contributed by atoms with van der Waals surface area (Å²) in [4.78, 5) is 14.0. The van der Waals surface area contributed by atoms with Crippen LogP contribution in [0.2, 0.25) is 10.0 Å². The number of halogens is 4. The average molecular weight is 590 g/mol. The second kappa shape index (κ2) is 13.2. The lowest BCUT2D eigenvalue weighted by atomic mass is 9.87. The maximum Gasteiger partial charge on any atom is 0.335 e. The topological polar surface area (TPSA) is 52.6 Å². The number of fused-ring (bicyclic) bond motifs is 1. The fourth-order valence-corrected chi connectivity index (χ4v) is 6.21. The van der Waals surface area contributed by atoms with Gasteiger partial charge in [0.15, 0.2) is 0 Å². The second-order valence-corrected chi connectivity index (χ2v) is 10.9. The predicted octanol–water partition coefficient (Wildman–Crippen LogP) is 8.25. The molecule has 3 aromatic rings. The summed E-state index contributed by atoms with van der Waals surface area (Å²) in [5.74, 6) is -0.924. The van der Waals surface area contributed by atoms with Crippen LogP contribution in [-0.4, -0.2) is 48.3 Å². The highest BCUT2D eigenvalue weighted by molar-refractivity contribution is 6.36. The summed E-state index contributed by atoms with van der Waals surface area (Å²) in [6, 6.07) is 19.7. The summed E-state index contributed by atoms with van der Waals surface area (Å²) < 4.78 is 12.6. The maximum atomic E-state index is 12.6. The molecule has 0 unspecified atom stereocenters. The van der Waals surface area contributed by atoms with Gasteiger partial charge in [-0.3, -0.25) is 4.39 Å². The molecular weight excluding hydrogens is 558 g/mol. The average Bonchev–Trinajstić information content (AvgIpc) is 3.25. The zero-order valence-electron chi connectivity index (χ0n) is 21.6. The molecule has 1 aliphatic heterocycles. The van der Waals surface area contributed by atoms with Gasteiger partial charge < -0.3 is 15.3 Å². The number of carboxylic acid groups (broad SMARTS) is 1. The molecule has 4 nitrogen and oxygen atoms in total. The highest BCUT2D eigenvalue weighted by atomic mass is 35.5. The van der Waals surface area contributed by atoms with Gasteiger partial charge in [0.2, 0.25) is 0 Å². The predicted molar refractivity (Wildman–Crippen MR) is 161 cm³/mol. The number of likely N-dealkylation sites (tertiary alicyclic amines) is 1. The van der Waals surface area contributed by atoms with Crippen molar-refractivity contribution < 1.29 is 14.3 Å². The highest BCUT2D eigenvalue weighted by Crippen LogP contribution is 2.43. The van der Waals surface area contributed by atoms with E-state index in [0.29, 0.717) is 28.1 Å². The number of carbonyl (C=O) groups is 1. The van der Waals surface area contributed by atoms with Crippen LogP contribution in [0, 0.1) is 0 Å². The molecule has 206 valence electrons. The minimum Gasteiger partial charge on any atom is -0.478 e. The first-order valence-electron chi connectivity index (χ1n) is 13.1. The Morgan fingerprint density at radius 2 is 1.87 bits per heavy atom. The summed E-state index contributed by atoms with van der Waals surface area (Å²) in [6.45, 7) is 2.39. The van der Waals surface area contributed by atoms with E-state index in [9.17, 15) is 14.3 Å². The van der Waals surface area contributed by atoms with E-state index < -0.39 is 5.97 Å². The smallest absolute Gasteiger partial charge is 0.335 e. The normalized spacial score (nSPS) is 17.4. The molecule has 1 fully saturated rings. The van der Waals surface area contributed by atoms with Gasteiger partial charge in [-0.25, -0.2) is 4.79 Å². The number of nitrogens with zero attached hydrogens (tertiary/aromatic N) is 1. The first-order valence-corrected chi connectivity index (χ1v) is 13.9. The van der Waals surface area contributed by atoms with Crippen LogP contribution in [0.25, 0.3) is 11.1 Å². The third kappa shape index (κ3) is 6.78. The number of anilines is 1. The van der Waals surface area contributed by atoms with Crippen molar-refractivity contribution in [1.29, 1.82) is 0 Å². The molecule has 0 spiro atoms. The Kier molecular flexibility index (Phi) is 9.95. The van der Waals surface area contributed by atoms with E-state index in [4.69, 9.17) is 23.2 Å². The van der Waals surface area contributed by atoms with Gasteiger partial charge in [0, 0.05) is 41.4 Å². The van der Waals surface area contributed by atoms with Crippen LogP contribution < -0.4 is 5.32 Å². The number of benzene rings is 3. The quantitative estimate of drug-likeness (QED) is 0.278. The van der Waals surface area contributed by atoms with E-state index in [2.05, 4.69) is 34.5 Å². The van der Waals surface area contributed by atoms with Gasteiger partial charge in [0.1, 0.15) is 0 Å². The lowest BCUT2D eigenvalue weighted by Gasteiger charge is -2.20. The maximum absolute atomic E-state index is 12.6. The number of carboxylic acids is 1. The van der Waals surface area contributed by atoms with Crippen molar-refractivity contribution in [1.82, 2.24) is 4.90 Å². The second-order valence-electron chi connectivity index (χ2n) is 10.1. The summed E-state index contributed by atoms with van der Waals surface area (Å²) in [5.41, 5.74) is 7.57. The summed E-state index contributed by atoms with van der Waals surface area (Å²) in [6.07, 6.45) is 4.06. The van der Waals surface area contributed by atoms with Crippen LogP contribution in [0.5, 0.6) is 0 Å². The van der Waals surface area contributed by atoms with E-state index in [1.54, 1.807) is 18.2 Å². The van der Waals surface area contributed by atoms with Crippen molar-refractivity contribution in [3.8, 4) is 0 Å². The molecule has 1 atom stereocenters. The van der Waals surface area contributed by atoms with Gasteiger partial charge in [0.05, 0.1) is 12.2 Å². The summed E-state index contributed by atoms with van der Waals surface area (Å²) in [5, 5.41) is 14.5. The lowest BCUT2D eigenvalue weighted by Crippen LogP contribution is -2.27. The molecule has 39 heavy (non-hydrogen) atoms. The molecular formula is C31H32Cl3FN2O2. The zero-order valence-corrected chi connectivity index (χ0v) is 23.9. The third-order valence-corrected chi connectivity index (χ3v) is 8.00. The Bertz CT molecular complexity index is 1380. The SMILES string of the molecule is Cl.O=C(O)c1ccc2c(c1)CCCC(c1ccc(Cl)cc1Cl)=C2c1cccc(N[C@@H]2CCN(CCCF)C2)c1. The molecule has 0 radical (unpaired) electrons. The van der Waals surface area contributed by atoms with Gasteiger partial charge in [-0.15, -0.1) is 12.4 Å². The zero-order chi connectivity index (χ0) is 26.6. The molecule has 0 amide bonds. The van der Waals surface area contributed by atoms with E-state index in [-0.39, 0.29) is 19.1 Å². The van der Waals surface area contributed by atoms with Crippen molar-refractivity contribution in [2.24, 2.45) is 0 Å². The fourth-order valence-electron chi connectivity index (χ4n) is 5.69. The molecule has 1 aliphatic carbocycles. The van der Waals surface area contributed by atoms with Gasteiger partial charge in [-0.1, -0.05) is 47.5 Å². The standard InChI is InChI=1S/C31H31Cl2FN2O2.ClH/c32-23-9-11-27(29(33)18-23)28-7-2-4-20-16-22(31(37)38)8-10-26(20)30(28)21-5-1-6-24(17-21)35-25-12-15-36(19-25)14-3-13-34;/h1,5-6,8-11,16-18,25,35H,2-4,7,12-15,19H2,(H,37,38);1H/t25-;/m1./s1. The van der Waals surface area contributed by atoms with Crippen LogP contribution in [-0.2, 0) is 6.42 Å². The van der Waals surface area contributed by atoms with E-state index in [0.717, 1.165) is 84.4 Å². The number of alkyl halides is 1. The van der Waals surface area contributed by atoms with Crippen molar-refractivity contribution in [3.05, 3.63) is 98.5 Å². The minimum absolute atomic E-state index is 0. The van der Waals surface area contributed by atoms with Crippen LogP contribution in [0.3, 0.4) is 0 Å². The summed E-state index contributed by atoms with van der Waals surface area (Å²) >= 11 is 12.9. The Labute approximate surface area is 245 Å². The number of allylic oxidation sites excluding steroid dienone is 1. The van der Waals surface area contributed by atoms with E-state index in [1.165, 1.54) is 0 Å². The van der Waals surface area contributed by atoms with Crippen molar-refractivity contribution >= 4 is 58.4 Å². The van der Waals surface area contributed by atoms with Gasteiger partial charge >= 0.3 is 5.97 Å². The van der Waals surface area contributed by atoms with Crippen LogP contribution in [0.4, 0.5) is 10.1 Å². The molecule has 0 saturated carbocycles. The number of aromatic carboxylic acids is 1. The first kappa shape index (κ1) is 29.4.